The van der Waals surface area contributed by atoms with Gasteiger partial charge in [-0.05, 0) is 25.7 Å². The molecule has 33 heavy (non-hydrogen) atoms. The summed E-state index contributed by atoms with van der Waals surface area (Å²) in [6.07, 6.45) is 8.58. The van der Waals surface area contributed by atoms with Gasteiger partial charge in [-0.15, -0.1) is 0 Å². The standard InChI is InChI=1S/2C5H12O2S.2C4H10O3S.Mn/c2*1-3-4-5-8(2,6)7;2*1-2-3-4-8(5,6)7;/h2*3-5H2,1-2H3;2*2-4H2,1H3,(H,5,6,7);/p-1. The minimum atomic E-state index is -3.94. The molecule has 0 aromatic carbocycles. The topological polar surface area (TPSA) is 180 Å². The van der Waals surface area contributed by atoms with E-state index in [0.29, 0.717) is 24.3 Å². The van der Waals surface area contributed by atoms with Crippen molar-refractivity contribution in [3.8, 4) is 0 Å². The average molecular weight is 603 g/mol. The Labute approximate surface area is 213 Å². The third-order valence-corrected chi connectivity index (χ3v) is 6.89. The van der Waals surface area contributed by atoms with E-state index in [2.05, 4.69) is 0 Å². The van der Waals surface area contributed by atoms with E-state index in [4.69, 9.17) is 4.55 Å². The van der Waals surface area contributed by atoms with Crippen molar-refractivity contribution in [2.75, 3.05) is 35.5 Å². The van der Waals surface area contributed by atoms with E-state index in [1.54, 1.807) is 0 Å². The number of hydrogen-bond acceptors (Lipinski definition) is 9. The summed E-state index contributed by atoms with van der Waals surface area (Å²) in [6, 6.07) is 0. The molecule has 1 N–H and O–H groups in total. The van der Waals surface area contributed by atoms with Gasteiger partial charge in [-0.1, -0.05) is 53.4 Å². The molecule has 0 aliphatic heterocycles. The van der Waals surface area contributed by atoms with Crippen molar-refractivity contribution in [1.29, 1.82) is 0 Å². The Morgan fingerprint density at radius 1 is 0.545 bits per heavy atom. The zero-order chi connectivity index (χ0) is 26.5. The minimum absolute atomic E-state index is 0. The molecule has 0 rings (SSSR count). The van der Waals surface area contributed by atoms with Crippen LogP contribution in [-0.2, 0) is 57.0 Å². The normalized spacial score (nSPS) is 11.4. The first kappa shape index (κ1) is 43.3. The van der Waals surface area contributed by atoms with E-state index in [0.717, 1.165) is 38.5 Å². The van der Waals surface area contributed by atoms with E-state index in [9.17, 15) is 38.2 Å². The van der Waals surface area contributed by atoms with Crippen molar-refractivity contribution in [2.45, 2.75) is 79.1 Å². The summed E-state index contributed by atoms with van der Waals surface area (Å²) in [4.78, 5) is 0. The molecule has 0 aliphatic rings. The molecule has 0 unspecified atom stereocenters. The molecular weight excluding hydrogens is 559 g/mol. The summed E-state index contributed by atoms with van der Waals surface area (Å²) in [7, 11) is -13.0. The van der Waals surface area contributed by atoms with Gasteiger partial charge in [0.25, 0.3) is 10.1 Å². The first-order valence-electron chi connectivity index (χ1n) is 10.5. The molecule has 0 aromatic rings. The molecule has 0 heterocycles. The van der Waals surface area contributed by atoms with Crippen LogP contribution < -0.4 is 0 Å². The molecule has 0 aliphatic carbocycles. The molecule has 0 saturated carbocycles. The fourth-order valence-electron chi connectivity index (χ4n) is 1.46. The van der Waals surface area contributed by atoms with Gasteiger partial charge >= 0.3 is 0 Å². The summed E-state index contributed by atoms with van der Waals surface area (Å²) in [5.41, 5.74) is 0. The molecule has 0 aromatic heterocycles. The van der Waals surface area contributed by atoms with Crippen LogP contribution in [0.3, 0.4) is 0 Å². The first-order valence-corrected chi connectivity index (χ1v) is 17.8. The molecule has 0 fully saturated rings. The van der Waals surface area contributed by atoms with Crippen molar-refractivity contribution in [3.05, 3.63) is 0 Å². The van der Waals surface area contributed by atoms with Gasteiger partial charge in [-0.25, -0.2) is 25.3 Å². The van der Waals surface area contributed by atoms with Gasteiger partial charge in [-0.3, -0.25) is 4.55 Å². The monoisotopic (exact) mass is 602 g/mol. The molecular formula is C18H43MnO10S4-. The number of sulfone groups is 2. The van der Waals surface area contributed by atoms with Crippen LogP contribution in [0.15, 0.2) is 0 Å². The van der Waals surface area contributed by atoms with E-state index in [1.165, 1.54) is 12.5 Å². The number of hydrogen-bond donors (Lipinski definition) is 1. The molecule has 0 atom stereocenters. The molecule has 207 valence electrons. The van der Waals surface area contributed by atoms with Gasteiger partial charge in [-0.2, -0.15) is 8.42 Å². The van der Waals surface area contributed by atoms with E-state index < -0.39 is 39.9 Å². The second kappa shape index (κ2) is 24.0. The van der Waals surface area contributed by atoms with E-state index >= 15 is 0 Å². The van der Waals surface area contributed by atoms with Crippen molar-refractivity contribution in [3.63, 3.8) is 0 Å². The smallest absolute Gasteiger partial charge is 0.264 e. The van der Waals surface area contributed by atoms with Crippen LogP contribution >= 0.6 is 0 Å². The molecule has 1 radical (unpaired) electrons. The third-order valence-electron chi connectivity index (χ3n) is 3.24. The zero-order valence-electron chi connectivity index (χ0n) is 20.6. The Morgan fingerprint density at radius 3 is 0.879 bits per heavy atom. The van der Waals surface area contributed by atoms with Gasteiger partial charge in [0.05, 0.1) is 15.9 Å². The summed E-state index contributed by atoms with van der Waals surface area (Å²) >= 11 is 0. The predicted octanol–water partition coefficient (Wildman–Crippen LogP) is 2.67. The Morgan fingerprint density at radius 2 is 0.788 bits per heavy atom. The molecule has 10 nitrogen and oxygen atoms in total. The largest absolute Gasteiger partial charge is 0.748 e. The van der Waals surface area contributed by atoms with Crippen molar-refractivity contribution < 1.29 is 59.8 Å². The van der Waals surface area contributed by atoms with Gasteiger partial charge in [0.2, 0.25) is 0 Å². The maximum Gasteiger partial charge on any atom is 0.264 e. The van der Waals surface area contributed by atoms with Gasteiger partial charge in [0, 0.05) is 46.8 Å². The summed E-state index contributed by atoms with van der Waals surface area (Å²) in [6.45, 7) is 7.66. The maximum atomic E-state index is 10.4. The summed E-state index contributed by atoms with van der Waals surface area (Å²) in [5.74, 6) is 0.347. The fourth-order valence-corrected chi connectivity index (χ4v) is 4.38. The molecule has 0 saturated heterocycles. The maximum absolute atomic E-state index is 10.4. The van der Waals surface area contributed by atoms with Crippen LogP contribution in [0.1, 0.15) is 79.1 Å². The number of rotatable bonds is 12. The molecule has 0 amide bonds. The first-order chi connectivity index (χ1) is 14.2. The quantitative estimate of drug-likeness (QED) is 0.258. The Balaban J connectivity index is -0.000000105. The zero-order valence-corrected chi connectivity index (χ0v) is 25.1. The summed E-state index contributed by atoms with van der Waals surface area (Å²) in [5, 5.41) is 0. The van der Waals surface area contributed by atoms with Gasteiger partial charge < -0.3 is 4.55 Å². The van der Waals surface area contributed by atoms with Crippen LogP contribution in [0.2, 0.25) is 0 Å². The van der Waals surface area contributed by atoms with Crippen molar-refractivity contribution >= 4 is 39.9 Å². The molecule has 0 bridgehead atoms. The fraction of sp³-hybridized carbons (Fsp3) is 1.00. The van der Waals surface area contributed by atoms with Gasteiger partial charge in [0.15, 0.2) is 0 Å². The second-order valence-corrected chi connectivity index (χ2v) is 14.8. The Kier molecular flexibility index (Phi) is 31.5. The van der Waals surface area contributed by atoms with Crippen LogP contribution in [-0.4, -0.2) is 78.3 Å². The van der Waals surface area contributed by atoms with Crippen LogP contribution in [0.4, 0.5) is 0 Å². The van der Waals surface area contributed by atoms with Crippen LogP contribution in [0.5, 0.6) is 0 Å². The molecule has 15 heteroatoms. The molecule has 0 spiro atoms. The Hall–Kier alpha value is 0.239. The van der Waals surface area contributed by atoms with E-state index in [-0.39, 0.29) is 28.6 Å². The van der Waals surface area contributed by atoms with E-state index in [1.807, 2.05) is 27.7 Å². The minimum Gasteiger partial charge on any atom is -0.748 e. The average Bonchev–Trinajstić information content (AvgIpc) is 2.60. The predicted molar refractivity (Wildman–Crippen MR) is 130 cm³/mol. The second-order valence-electron chi connectivity index (χ2n) is 7.22. The third kappa shape index (κ3) is 72.0. The van der Waals surface area contributed by atoms with Crippen LogP contribution in [0, 0.1) is 0 Å². The SMILES string of the molecule is CCCCS(=O)(=O)O.CCCCS(=O)(=O)[O-].CCCCS(C)(=O)=O.CCCCS(C)(=O)=O.[Mn]. The van der Waals surface area contributed by atoms with Crippen molar-refractivity contribution in [1.82, 2.24) is 0 Å². The Bertz CT molecular complexity index is 691. The summed E-state index contributed by atoms with van der Waals surface area (Å²) < 4.78 is 99.1. The van der Waals surface area contributed by atoms with Crippen molar-refractivity contribution in [2.24, 2.45) is 0 Å². The van der Waals surface area contributed by atoms with Gasteiger partial charge in [0.1, 0.15) is 19.7 Å². The van der Waals surface area contributed by atoms with Crippen LogP contribution in [0.25, 0.3) is 0 Å². The number of unbranched alkanes of at least 4 members (excludes halogenated alkanes) is 4.